The summed E-state index contributed by atoms with van der Waals surface area (Å²) in [5.41, 5.74) is 1.55. The standard InChI is InChI=1S/C15H14N4O2/c1-2-21-13-7-4-3-6-11(13)17-15(20)12-10-14-16-8-5-9-19(14)18-12/h3-10H,2H2,1H3,(H,17,20). The Morgan fingerprint density at radius 2 is 2.19 bits per heavy atom. The van der Waals surface area contributed by atoms with Crippen LogP contribution < -0.4 is 10.1 Å². The second-order valence-electron chi connectivity index (χ2n) is 4.34. The second kappa shape index (κ2) is 5.62. The molecule has 3 aromatic rings. The summed E-state index contributed by atoms with van der Waals surface area (Å²) in [4.78, 5) is 16.4. The van der Waals surface area contributed by atoms with Crippen molar-refractivity contribution < 1.29 is 9.53 Å². The Bertz CT molecular complexity index is 749. The van der Waals surface area contributed by atoms with E-state index in [0.29, 0.717) is 29.4 Å². The zero-order valence-electron chi connectivity index (χ0n) is 11.5. The van der Waals surface area contributed by atoms with E-state index < -0.39 is 0 Å². The Morgan fingerprint density at radius 3 is 3.00 bits per heavy atom. The molecular weight excluding hydrogens is 268 g/mol. The first-order valence-electron chi connectivity index (χ1n) is 6.61. The lowest BCUT2D eigenvalue weighted by molar-refractivity contribution is 0.102. The Labute approximate surface area is 121 Å². The SMILES string of the molecule is CCOc1ccccc1NC(=O)c1cc2ncccn2n1. The summed E-state index contributed by atoms with van der Waals surface area (Å²) >= 11 is 0. The van der Waals surface area contributed by atoms with E-state index in [4.69, 9.17) is 4.74 Å². The van der Waals surface area contributed by atoms with Gasteiger partial charge < -0.3 is 10.1 Å². The molecule has 0 unspecified atom stereocenters. The quantitative estimate of drug-likeness (QED) is 0.797. The molecule has 0 spiro atoms. The topological polar surface area (TPSA) is 68.5 Å². The maximum absolute atomic E-state index is 12.3. The van der Waals surface area contributed by atoms with Crippen molar-refractivity contribution in [2.45, 2.75) is 6.92 Å². The number of para-hydroxylation sites is 2. The van der Waals surface area contributed by atoms with Crippen molar-refractivity contribution in [1.29, 1.82) is 0 Å². The summed E-state index contributed by atoms with van der Waals surface area (Å²) in [5, 5.41) is 6.99. The van der Waals surface area contributed by atoms with Gasteiger partial charge in [0.05, 0.1) is 12.3 Å². The van der Waals surface area contributed by atoms with Gasteiger partial charge in [0.2, 0.25) is 0 Å². The highest BCUT2D eigenvalue weighted by Crippen LogP contribution is 2.24. The third kappa shape index (κ3) is 2.69. The van der Waals surface area contributed by atoms with Crippen LogP contribution in [-0.4, -0.2) is 27.1 Å². The minimum atomic E-state index is -0.298. The molecule has 0 aliphatic rings. The summed E-state index contributed by atoms with van der Waals surface area (Å²) in [6.07, 6.45) is 3.40. The fourth-order valence-corrected chi connectivity index (χ4v) is 1.98. The number of carbonyl (C=O) groups excluding carboxylic acids is 1. The number of fused-ring (bicyclic) bond motifs is 1. The fourth-order valence-electron chi connectivity index (χ4n) is 1.98. The summed E-state index contributed by atoms with van der Waals surface area (Å²) < 4.78 is 7.04. The van der Waals surface area contributed by atoms with E-state index in [1.165, 1.54) is 0 Å². The van der Waals surface area contributed by atoms with Gasteiger partial charge in [-0.15, -0.1) is 0 Å². The van der Waals surface area contributed by atoms with Gasteiger partial charge in [-0.25, -0.2) is 9.50 Å². The van der Waals surface area contributed by atoms with Crippen molar-refractivity contribution in [2.24, 2.45) is 0 Å². The normalized spacial score (nSPS) is 10.5. The van der Waals surface area contributed by atoms with Gasteiger partial charge in [0.15, 0.2) is 11.3 Å². The molecule has 1 amide bonds. The van der Waals surface area contributed by atoms with E-state index >= 15 is 0 Å². The maximum atomic E-state index is 12.3. The molecule has 0 radical (unpaired) electrons. The molecule has 0 aliphatic heterocycles. The minimum absolute atomic E-state index is 0.298. The predicted molar refractivity (Wildman–Crippen MR) is 78.6 cm³/mol. The average Bonchev–Trinajstić information content (AvgIpc) is 2.93. The number of carbonyl (C=O) groups is 1. The van der Waals surface area contributed by atoms with Gasteiger partial charge in [-0.2, -0.15) is 5.10 Å². The monoisotopic (exact) mass is 282 g/mol. The Kier molecular flexibility index (Phi) is 3.51. The molecule has 6 nitrogen and oxygen atoms in total. The van der Waals surface area contributed by atoms with Crippen LogP contribution in [0.4, 0.5) is 5.69 Å². The largest absolute Gasteiger partial charge is 0.492 e. The second-order valence-corrected chi connectivity index (χ2v) is 4.34. The molecule has 1 aromatic carbocycles. The number of nitrogens with one attached hydrogen (secondary N) is 1. The number of amides is 1. The zero-order valence-corrected chi connectivity index (χ0v) is 11.5. The Balaban J connectivity index is 1.86. The molecule has 2 heterocycles. The number of nitrogens with zero attached hydrogens (tertiary/aromatic N) is 3. The summed E-state index contributed by atoms with van der Waals surface area (Å²) in [5.74, 6) is 0.336. The number of benzene rings is 1. The highest BCUT2D eigenvalue weighted by molar-refractivity contribution is 6.04. The highest BCUT2D eigenvalue weighted by Gasteiger charge is 2.13. The third-order valence-electron chi connectivity index (χ3n) is 2.90. The summed E-state index contributed by atoms with van der Waals surface area (Å²) in [6.45, 7) is 2.43. The van der Waals surface area contributed by atoms with E-state index in [0.717, 1.165) is 0 Å². The molecule has 0 saturated heterocycles. The van der Waals surface area contributed by atoms with E-state index in [-0.39, 0.29) is 5.91 Å². The number of aromatic nitrogens is 3. The third-order valence-corrected chi connectivity index (χ3v) is 2.90. The van der Waals surface area contributed by atoms with Gasteiger partial charge in [-0.05, 0) is 25.1 Å². The van der Waals surface area contributed by atoms with Crippen LogP contribution in [0.1, 0.15) is 17.4 Å². The van der Waals surface area contributed by atoms with E-state index in [1.54, 1.807) is 35.1 Å². The summed E-state index contributed by atoms with van der Waals surface area (Å²) in [7, 11) is 0. The minimum Gasteiger partial charge on any atom is -0.492 e. The van der Waals surface area contributed by atoms with Crippen molar-refractivity contribution in [2.75, 3.05) is 11.9 Å². The Morgan fingerprint density at radius 1 is 1.33 bits per heavy atom. The van der Waals surface area contributed by atoms with Crippen LogP contribution in [0.3, 0.4) is 0 Å². The first kappa shape index (κ1) is 13.1. The van der Waals surface area contributed by atoms with E-state index in [1.807, 2.05) is 25.1 Å². The highest BCUT2D eigenvalue weighted by atomic mass is 16.5. The van der Waals surface area contributed by atoms with Crippen LogP contribution in [0.5, 0.6) is 5.75 Å². The van der Waals surface area contributed by atoms with Crippen molar-refractivity contribution in [3.8, 4) is 5.75 Å². The van der Waals surface area contributed by atoms with Crippen LogP contribution in [0.15, 0.2) is 48.8 Å². The number of hydrogen-bond donors (Lipinski definition) is 1. The molecule has 2 aromatic heterocycles. The lowest BCUT2D eigenvalue weighted by atomic mass is 10.3. The molecule has 1 N–H and O–H groups in total. The molecule has 3 rings (SSSR count). The van der Waals surface area contributed by atoms with E-state index in [9.17, 15) is 4.79 Å². The first-order valence-corrected chi connectivity index (χ1v) is 6.61. The number of hydrogen-bond acceptors (Lipinski definition) is 4. The molecule has 21 heavy (non-hydrogen) atoms. The van der Waals surface area contributed by atoms with Gasteiger partial charge in [-0.3, -0.25) is 4.79 Å². The first-order chi connectivity index (χ1) is 10.3. The van der Waals surface area contributed by atoms with Gasteiger partial charge in [0, 0.05) is 18.5 Å². The number of rotatable bonds is 4. The van der Waals surface area contributed by atoms with Gasteiger partial charge in [-0.1, -0.05) is 12.1 Å². The van der Waals surface area contributed by atoms with Crippen LogP contribution in [-0.2, 0) is 0 Å². The predicted octanol–water partition coefficient (Wildman–Crippen LogP) is 2.38. The fraction of sp³-hybridized carbons (Fsp3) is 0.133. The smallest absolute Gasteiger partial charge is 0.276 e. The zero-order chi connectivity index (χ0) is 14.7. The van der Waals surface area contributed by atoms with E-state index in [2.05, 4.69) is 15.4 Å². The Hall–Kier alpha value is -2.89. The average molecular weight is 282 g/mol. The maximum Gasteiger partial charge on any atom is 0.276 e. The van der Waals surface area contributed by atoms with Crippen molar-refractivity contribution in [1.82, 2.24) is 14.6 Å². The molecule has 0 saturated carbocycles. The van der Waals surface area contributed by atoms with Crippen molar-refractivity contribution >= 4 is 17.2 Å². The number of ether oxygens (including phenoxy) is 1. The molecule has 0 bridgehead atoms. The number of anilines is 1. The lowest BCUT2D eigenvalue weighted by Gasteiger charge is -2.10. The van der Waals surface area contributed by atoms with Crippen LogP contribution >= 0.6 is 0 Å². The molecule has 0 aliphatic carbocycles. The van der Waals surface area contributed by atoms with Crippen LogP contribution in [0.25, 0.3) is 5.65 Å². The van der Waals surface area contributed by atoms with Crippen LogP contribution in [0, 0.1) is 0 Å². The molecule has 0 atom stereocenters. The van der Waals surface area contributed by atoms with Gasteiger partial charge in [0.25, 0.3) is 5.91 Å². The molecule has 0 fully saturated rings. The van der Waals surface area contributed by atoms with Crippen molar-refractivity contribution in [3.63, 3.8) is 0 Å². The van der Waals surface area contributed by atoms with Crippen LogP contribution in [0.2, 0.25) is 0 Å². The lowest BCUT2D eigenvalue weighted by Crippen LogP contribution is -2.13. The molecule has 106 valence electrons. The van der Waals surface area contributed by atoms with Gasteiger partial charge >= 0.3 is 0 Å². The van der Waals surface area contributed by atoms with Gasteiger partial charge in [0.1, 0.15) is 5.75 Å². The summed E-state index contributed by atoms with van der Waals surface area (Å²) in [6, 6.07) is 10.7. The molecular formula is C15H14N4O2. The molecule has 6 heteroatoms. The van der Waals surface area contributed by atoms with Crippen molar-refractivity contribution in [3.05, 3.63) is 54.5 Å².